The molecule has 2 aliphatic heterocycles. The second-order valence-corrected chi connectivity index (χ2v) is 5.14. The van der Waals surface area contributed by atoms with Crippen LogP contribution >= 0.6 is 0 Å². The van der Waals surface area contributed by atoms with Gasteiger partial charge in [-0.2, -0.15) is 0 Å². The summed E-state index contributed by atoms with van der Waals surface area (Å²) >= 11 is 0. The number of nitrogen functional groups attached to an aromatic ring is 1. The average Bonchev–Trinajstić information content (AvgIpc) is 3.00. The maximum Gasteiger partial charge on any atom is 0.253 e. The molecule has 1 aromatic rings. The van der Waals surface area contributed by atoms with Crippen molar-refractivity contribution in [2.75, 3.05) is 12.8 Å². The van der Waals surface area contributed by atoms with Crippen molar-refractivity contribution in [3.63, 3.8) is 0 Å². The van der Waals surface area contributed by atoms with Gasteiger partial charge in [0.05, 0.1) is 30.9 Å². The number of rotatable bonds is 3. The summed E-state index contributed by atoms with van der Waals surface area (Å²) in [6.07, 6.45) is 3.55. The summed E-state index contributed by atoms with van der Waals surface area (Å²) in [5, 5.41) is 3.02. The lowest BCUT2D eigenvalue weighted by Gasteiger charge is -2.20. The Kier molecular flexibility index (Phi) is 3.06. The van der Waals surface area contributed by atoms with Crippen LogP contribution in [0.3, 0.4) is 0 Å². The van der Waals surface area contributed by atoms with Gasteiger partial charge in [-0.25, -0.2) is 0 Å². The SMILES string of the molecule is COc1ccc(C(=O)NC2CC3CCC2O3)c(N)c1. The largest absolute Gasteiger partial charge is 0.497 e. The second-order valence-electron chi connectivity index (χ2n) is 5.14. The van der Waals surface area contributed by atoms with Crippen molar-refractivity contribution >= 4 is 11.6 Å². The molecule has 5 heteroatoms. The number of hydrogen-bond acceptors (Lipinski definition) is 4. The summed E-state index contributed by atoms with van der Waals surface area (Å²) in [7, 11) is 1.57. The molecule has 0 radical (unpaired) electrons. The fourth-order valence-corrected chi connectivity index (χ4v) is 2.91. The lowest BCUT2D eigenvalue weighted by atomic mass is 9.95. The molecule has 0 saturated carbocycles. The molecule has 2 bridgehead atoms. The molecule has 0 aliphatic carbocycles. The van der Waals surface area contributed by atoms with Gasteiger partial charge in [-0.1, -0.05) is 0 Å². The lowest BCUT2D eigenvalue weighted by molar-refractivity contribution is 0.0841. The Morgan fingerprint density at radius 1 is 1.47 bits per heavy atom. The number of amides is 1. The van der Waals surface area contributed by atoms with Crippen molar-refractivity contribution < 1.29 is 14.3 Å². The molecule has 19 heavy (non-hydrogen) atoms. The Bertz CT molecular complexity index is 503. The van der Waals surface area contributed by atoms with Gasteiger partial charge < -0.3 is 20.5 Å². The molecule has 102 valence electrons. The standard InChI is InChI=1S/C14H18N2O3/c1-18-8-2-4-10(11(15)6-8)14(17)16-12-7-9-3-5-13(12)19-9/h2,4,6,9,12-13H,3,5,7,15H2,1H3,(H,16,17). The maximum atomic E-state index is 12.2. The Balaban J connectivity index is 1.70. The third-order valence-corrected chi connectivity index (χ3v) is 3.93. The number of nitrogens with two attached hydrogens (primary N) is 1. The van der Waals surface area contributed by atoms with Crippen LogP contribution in [0.1, 0.15) is 29.6 Å². The molecule has 1 aromatic carbocycles. The molecule has 0 spiro atoms. The molecular weight excluding hydrogens is 244 g/mol. The van der Waals surface area contributed by atoms with Crippen LogP contribution in [0.5, 0.6) is 5.75 Å². The Labute approximate surface area is 112 Å². The van der Waals surface area contributed by atoms with E-state index in [1.165, 1.54) is 0 Å². The van der Waals surface area contributed by atoms with Crippen molar-refractivity contribution in [3.05, 3.63) is 23.8 Å². The van der Waals surface area contributed by atoms with E-state index in [2.05, 4.69) is 5.32 Å². The van der Waals surface area contributed by atoms with E-state index in [1.807, 2.05) is 0 Å². The topological polar surface area (TPSA) is 73.6 Å². The van der Waals surface area contributed by atoms with Gasteiger partial charge in [0, 0.05) is 11.8 Å². The van der Waals surface area contributed by atoms with E-state index in [0.29, 0.717) is 23.1 Å². The number of benzene rings is 1. The third-order valence-electron chi connectivity index (χ3n) is 3.93. The van der Waals surface area contributed by atoms with Crippen LogP contribution in [-0.4, -0.2) is 31.3 Å². The van der Waals surface area contributed by atoms with E-state index in [9.17, 15) is 4.79 Å². The normalized spacial score (nSPS) is 28.4. The first-order valence-corrected chi connectivity index (χ1v) is 6.57. The third kappa shape index (κ3) is 2.26. The van der Waals surface area contributed by atoms with Gasteiger partial charge in [-0.05, 0) is 31.4 Å². The fourth-order valence-electron chi connectivity index (χ4n) is 2.91. The van der Waals surface area contributed by atoms with Crippen LogP contribution in [0.4, 0.5) is 5.69 Å². The Morgan fingerprint density at radius 2 is 2.32 bits per heavy atom. The van der Waals surface area contributed by atoms with E-state index in [-0.39, 0.29) is 18.1 Å². The van der Waals surface area contributed by atoms with Crippen molar-refractivity contribution in [1.29, 1.82) is 0 Å². The number of ether oxygens (including phenoxy) is 2. The zero-order chi connectivity index (χ0) is 13.4. The van der Waals surface area contributed by atoms with Crippen LogP contribution < -0.4 is 15.8 Å². The van der Waals surface area contributed by atoms with Gasteiger partial charge in [-0.15, -0.1) is 0 Å². The highest BCUT2D eigenvalue weighted by molar-refractivity contribution is 5.99. The van der Waals surface area contributed by atoms with Gasteiger partial charge in [0.15, 0.2) is 0 Å². The van der Waals surface area contributed by atoms with Gasteiger partial charge in [0.2, 0.25) is 0 Å². The lowest BCUT2D eigenvalue weighted by Crippen LogP contribution is -2.41. The van der Waals surface area contributed by atoms with Crippen molar-refractivity contribution in [1.82, 2.24) is 5.32 Å². The van der Waals surface area contributed by atoms with E-state index < -0.39 is 0 Å². The molecule has 3 unspecified atom stereocenters. The average molecular weight is 262 g/mol. The minimum Gasteiger partial charge on any atom is -0.497 e. The van der Waals surface area contributed by atoms with Gasteiger partial charge in [-0.3, -0.25) is 4.79 Å². The summed E-state index contributed by atoms with van der Waals surface area (Å²) in [6, 6.07) is 5.21. The number of carbonyl (C=O) groups excluding carboxylic acids is 1. The summed E-state index contributed by atoms with van der Waals surface area (Å²) < 4.78 is 10.8. The van der Waals surface area contributed by atoms with E-state index >= 15 is 0 Å². The van der Waals surface area contributed by atoms with Crippen LogP contribution in [0.2, 0.25) is 0 Å². The monoisotopic (exact) mass is 262 g/mol. The molecule has 3 rings (SSSR count). The first-order chi connectivity index (χ1) is 9.17. The molecule has 0 aromatic heterocycles. The highest BCUT2D eigenvalue weighted by atomic mass is 16.5. The maximum absolute atomic E-state index is 12.2. The van der Waals surface area contributed by atoms with Crippen LogP contribution in [0.15, 0.2) is 18.2 Å². The summed E-state index contributed by atoms with van der Waals surface area (Å²) in [6.45, 7) is 0. The first kappa shape index (κ1) is 12.3. The Hall–Kier alpha value is -1.75. The number of anilines is 1. The van der Waals surface area contributed by atoms with Crippen LogP contribution in [0, 0.1) is 0 Å². The molecule has 3 N–H and O–H groups in total. The molecule has 2 fully saturated rings. The van der Waals surface area contributed by atoms with Gasteiger partial charge in [0.25, 0.3) is 5.91 Å². The van der Waals surface area contributed by atoms with E-state index in [1.54, 1.807) is 25.3 Å². The van der Waals surface area contributed by atoms with Crippen LogP contribution in [-0.2, 0) is 4.74 Å². The Morgan fingerprint density at radius 3 is 2.89 bits per heavy atom. The molecule has 2 heterocycles. The van der Waals surface area contributed by atoms with E-state index in [4.69, 9.17) is 15.2 Å². The smallest absolute Gasteiger partial charge is 0.253 e. The summed E-state index contributed by atoms with van der Waals surface area (Å²) in [4.78, 5) is 12.2. The molecular formula is C14H18N2O3. The van der Waals surface area contributed by atoms with Gasteiger partial charge in [0.1, 0.15) is 5.75 Å². The van der Waals surface area contributed by atoms with Gasteiger partial charge >= 0.3 is 0 Å². The minimum atomic E-state index is -0.138. The predicted octanol–water partition coefficient (Wildman–Crippen LogP) is 1.33. The van der Waals surface area contributed by atoms with E-state index in [0.717, 1.165) is 19.3 Å². The zero-order valence-corrected chi connectivity index (χ0v) is 10.9. The predicted molar refractivity (Wildman–Crippen MR) is 71.2 cm³/mol. The summed E-state index contributed by atoms with van der Waals surface area (Å²) in [5.41, 5.74) is 6.80. The molecule has 1 amide bonds. The number of methoxy groups -OCH3 is 1. The molecule has 2 aliphatic rings. The molecule has 2 saturated heterocycles. The van der Waals surface area contributed by atoms with Crippen molar-refractivity contribution in [3.8, 4) is 5.75 Å². The number of carbonyl (C=O) groups is 1. The summed E-state index contributed by atoms with van der Waals surface area (Å²) in [5.74, 6) is 0.513. The fraction of sp³-hybridized carbons (Fsp3) is 0.500. The van der Waals surface area contributed by atoms with Crippen molar-refractivity contribution in [2.45, 2.75) is 37.5 Å². The number of hydrogen-bond donors (Lipinski definition) is 2. The first-order valence-electron chi connectivity index (χ1n) is 6.57. The minimum absolute atomic E-state index is 0.118. The highest BCUT2D eigenvalue weighted by Gasteiger charge is 2.41. The van der Waals surface area contributed by atoms with Crippen LogP contribution in [0.25, 0.3) is 0 Å². The molecule has 5 nitrogen and oxygen atoms in total. The highest BCUT2D eigenvalue weighted by Crippen LogP contribution is 2.34. The quantitative estimate of drug-likeness (QED) is 0.806. The molecule has 3 atom stereocenters. The second kappa shape index (κ2) is 4.74. The van der Waals surface area contributed by atoms with Crippen molar-refractivity contribution in [2.24, 2.45) is 0 Å². The number of fused-ring (bicyclic) bond motifs is 2. The zero-order valence-electron chi connectivity index (χ0n) is 10.9. The number of nitrogens with one attached hydrogen (secondary N) is 1.